The maximum absolute atomic E-state index is 11.5. The molecule has 14 heavy (non-hydrogen) atoms. The monoisotopic (exact) mass is 192 g/mol. The van der Waals surface area contributed by atoms with Gasteiger partial charge in [0.1, 0.15) is 5.75 Å². The van der Waals surface area contributed by atoms with E-state index in [0.717, 1.165) is 17.5 Å². The highest BCUT2D eigenvalue weighted by atomic mass is 16.3. The van der Waals surface area contributed by atoms with Crippen molar-refractivity contribution in [3.8, 4) is 5.75 Å². The second-order valence-electron chi connectivity index (χ2n) is 3.28. The standard InChI is InChI=1S/C10H12N2O2/c1-2-5-12-9-6-7(13)3-4-8(9)11-10(12)14/h3-4,6,13H,2,5H2,1H3,(H,11,14). The first-order valence-electron chi connectivity index (χ1n) is 4.64. The molecule has 2 rings (SSSR count). The lowest BCUT2D eigenvalue weighted by Gasteiger charge is -1.99. The zero-order chi connectivity index (χ0) is 10.1. The number of rotatable bonds is 2. The van der Waals surface area contributed by atoms with Crippen molar-refractivity contribution in [3.05, 3.63) is 28.7 Å². The van der Waals surface area contributed by atoms with Crippen LogP contribution in [-0.2, 0) is 6.54 Å². The van der Waals surface area contributed by atoms with Crippen LogP contribution in [-0.4, -0.2) is 14.7 Å². The van der Waals surface area contributed by atoms with Crippen molar-refractivity contribution >= 4 is 11.0 Å². The van der Waals surface area contributed by atoms with Gasteiger partial charge >= 0.3 is 5.69 Å². The summed E-state index contributed by atoms with van der Waals surface area (Å²) in [5, 5.41) is 9.30. The summed E-state index contributed by atoms with van der Waals surface area (Å²) < 4.78 is 1.63. The number of aryl methyl sites for hydroxylation is 1. The number of nitrogens with one attached hydrogen (secondary N) is 1. The highest BCUT2D eigenvalue weighted by molar-refractivity contribution is 5.76. The van der Waals surface area contributed by atoms with Gasteiger partial charge in [0.25, 0.3) is 0 Å². The molecule has 0 bridgehead atoms. The Morgan fingerprint density at radius 3 is 3.00 bits per heavy atom. The van der Waals surface area contributed by atoms with E-state index in [1.165, 1.54) is 0 Å². The van der Waals surface area contributed by atoms with Gasteiger partial charge in [-0.15, -0.1) is 0 Å². The average Bonchev–Trinajstić information content (AvgIpc) is 2.45. The maximum atomic E-state index is 11.5. The summed E-state index contributed by atoms with van der Waals surface area (Å²) in [6, 6.07) is 4.87. The van der Waals surface area contributed by atoms with Crippen LogP contribution < -0.4 is 5.69 Å². The van der Waals surface area contributed by atoms with E-state index < -0.39 is 0 Å². The zero-order valence-electron chi connectivity index (χ0n) is 7.95. The van der Waals surface area contributed by atoms with Crippen molar-refractivity contribution in [3.63, 3.8) is 0 Å². The van der Waals surface area contributed by atoms with E-state index in [1.807, 2.05) is 6.92 Å². The van der Waals surface area contributed by atoms with Crippen LogP contribution in [0.4, 0.5) is 0 Å². The first kappa shape index (κ1) is 8.87. The second kappa shape index (κ2) is 3.21. The number of nitrogens with zero attached hydrogens (tertiary/aromatic N) is 1. The molecule has 0 amide bonds. The summed E-state index contributed by atoms with van der Waals surface area (Å²) in [4.78, 5) is 14.2. The maximum Gasteiger partial charge on any atom is 0.326 e. The highest BCUT2D eigenvalue weighted by Gasteiger charge is 2.05. The third kappa shape index (κ3) is 1.28. The van der Waals surface area contributed by atoms with Gasteiger partial charge in [0.2, 0.25) is 0 Å². The van der Waals surface area contributed by atoms with Crippen LogP contribution in [0, 0.1) is 0 Å². The van der Waals surface area contributed by atoms with E-state index in [2.05, 4.69) is 4.98 Å². The van der Waals surface area contributed by atoms with Gasteiger partial charge < -0.3 is 10.1 Å². The van der Waals surface area contributed by atoms with Crippen LogP contribution in [0.25, 0.3) is 11.0 Å². The normalized spacial score (nSPS) is 10.9. The van der Waals surface area contributed by atoms with Gasteiger partial charge in [-0.05, 0) is 18.6 Å². The molecule has 0 aliphatic heterocycles. The molecule has 0 unspecified atom stereocenters. The fourth-order valence-electron chi connectivity index (χ4n) is 1.59. The Morgan fingerprint density at radius 1 is 1.50 bits per heavy atom. The van der Waals surface area contributed by atoms with Crippen LogP contribution in [0.15, 0.2) is 23.0 Å². The number of phenols is 1. The molecule has 4 nitrogen and oxygen atoms in total. The van der Waals surface area contributed by atoms with Crippen LogP contribution in [0.1, 0.15) is 13.3 Å². The number of imidazole rings is 1. The number of aromatic nitrogens is 2. The molecule has 4 heteroatoms. The van der Waals surface area contributed by atoms with Crippen LogP contribution >= 0.6 is 0 Å². The molecule has 2 aromatic rings. The number of fused-ring (bicyclic) bond motifs is 1. The molecule has 0 fully saturated rings. The van der Waals surface area contributed by atoms with Crippen molar-refractivity contribution in [1.82, 2.24) is 9.55 Å². The molecular formula is C10H12N2O2. The number of aromatic hydroxyl groups is 1. The van der Waals surface area contributed by atoms with Gasteiger partial charge in [0.05, 0.1) is 11.0 Å². The largest absolute Gasteiger partial charge is 0.508 e. The molecule has 1 aromatic heterocycles. The minimum absolute atomic E-state index is 0.118. The lowest BCUT2D eigenvalue weighted by atomic mass is 10.3. The van der Waals surface area contributed by atoms with Crippen molar-refractivity contribution < 1.29 is 5.11 Å². The minimum Gasteiger partial charge on any atom is -0.508 e. The Labute approximate surface area is 80.8 Å². The van der Waals surface area contributed by atoms with E-state index in [9.17, 15) is 9.90 Å². The van der Waals surface area contributed by atoms with Crippen molar-refractivity contribution in [1.29, 1.82) is 0 Å². The molecule has 1 aromatic carbocycles. The summed E-state index contributed by atoms with van der Waals surface area (Å²) in [6.07, 6.45) is 0.891. The number of H-pyrrole nitrogens is 1. The van der Waals surface area contributed by atoms with Crippen LogP contribution in [0.5, 0.6) is 5.75 Å². The summed E-state index contributed by atoms with van der Waals surface area (Å²) in [5.41, 5.74) is 1.41. The van der Waals surface area contributed by atoms with Gasteiger partial charge in [-0.25, -0.2) is 4.79 Å². The molecule has 0 saturated carbocycles. The van der Waals surface area contributed by atoms with Gasteiger partial charge in [0.15, 0.2) is 0 Å². The molecule has 2 N–H and O–H groups in total. The summed E-state index contributed by atoms with van der Waals surface area (Å²) in [5.74, 6) is 0.182. The van der Waals surface area contributed by atoms with Crippen LogP contribution in [0.2, 0.25) is 0 Å². The van der Waals surface area contributed by atoms with Gasteiger partial charge in [0, 0.05) is 12.6 Å². The molecule has 74 valence electrons. The van der Waals surface area contributed by atoms with E-state index in [-0.39, 0.29) is 11.4 Å². The third-order valence-corrected chi connectivity index (χ3v) is 2.21. The van der Waals surface area contributed by atoms with Gasteiger partial charge in [-0.1, -0.05) is 6.92 Å². The lowest BCUT2D eigenvalue weighted by Crippen LogP contribution is -2.16. The van der Waals surface area contributed by atoms with E-state index in [1.54, 1.807) is 22.8 Å². The second-order valence-corrected chi connectivity index (χ2v) is 3.28. The first-order valence-corrected chi connectivity index (χ1v) is 4.64. The number of hydrogen-bond acceptors (Lipinski definition) is 2. The van der Waals surface area contributed by atoms with E-state index >= 15 is 0 Å². The molecule has 0 radical (unpaired) electrons. The number of benzene rings is 1. The van der Waals surface area contributed by atoms with Crippen LogP contribution in [0.3, 0.4) is 0 Å². The quantitative estimate of drug-likeness (QED) is 0.756. The predicted octanol–water partition coefficient (Wildman–Crippen LogP) is 1.45. The Hall–Kier alpha value is -1.71. The topological polar surface area (TPSA) is 58.0 Å². The number of aromatic amines is 1. The fraction of sp³-hybridized carbons (Fsp3) is 0.300. The fourth-order valence-corrected chi connectivity index (χ4v) is 1.59. The van der Waals surface area contributed by atoms with Gasteiger partial charge in [-0.3, -0.25) is 4.57 Å². The molecule has 0 atom stereocenters. The zero-order valence-corrected chi connectivity index (χ0v) is 7.95. The van der Waals surface area contributed by atoms with Crippen molar-refractivity contribution in [2.75, 3.05) is 0 Å². The summed E-state index contributed by atoms with van der Waals surface area (Å²) in [6.45, 7) is 2.68. The molecular weight excluding hydrogens is 180 g/mol. The van der Waals surface area contributed by atoms with Crippen molar-refractivity contribution in [2.24, 2.45) is 0 Å². The number of hydrogen-bond donors (Lipinski definition) is 2. The highest BCUT2D eigenvalue weighted by Crippen LogP contribution is 2.17. The minimum atomic E-state index is -0.118. The SMILES string of the molecule is CCCn1c(=O)[nH]c2ccc(O)cc21. The summed E-state index contributed by atoms with van der Waals surface area (Å²) in [7, 11) is 0. The summed E-state index contributed by atoms with van der Waals surface area (Å²) >= 11 is 0. The Kier molecular flexibility index (Phi) is 2.04. The number of phenolic OH excluding ortho intramolecular Hbond substituents is 1. The molecule has 0 spiro atoms. The smallest absolute Gasteiger partial charge is 0.326 e. The molecule has 0 aliphatic rings. The molecule has 1 heterocycles. The predicted molar refractivity (Wildman–Crippen MR) is 54.5 cm³/mol. The van der Waals surface area contributed by atoms with Crippen molar-refractivity contribution in [2.45, 2.75) is 19.9 Å². The Balaban J connectivity index is 2.73. The molecule has 0 saturated heterocycles. The average molecular weight is 192 g/mol. The Bertz CT molecular complexity index is 510. The Morgan fingerprint density at radius 2 is 2.29 bits per heavy atom. The van der Waals surface area contributed by atoms with E-state index in [0.29, 0.717) is 6.54 Å². The van der Waals surface area contributed by atoms with E-state index in [4.69, 9.17) is 0 Å². The lowest BCUT2D eigenvalue weighted by molar-refractivity contribution is 0.475. The first-order chi connectivity index (χ1) is 6.72. The van der Waals surface area contributed by atoms with Gasteiger partial charge in [-0.2, -0.15) is 0 Å². The third-order valence-electron chi connectivity index (χ3n) is 2.21. The molecule has 0 aliphatic carbocycles.